The van der Waals surface area contributed by atoms with Crippen LogP contribution in [-0.4, -0.2) is 21.7 Å². The summed E-state index contributed by atoms with van der Waals surface area (Å²) < 4.78 is 2.00. The Morgan fingerprint density at radius 2 is 2.31 bits per heavy atom. The Hall–Kier alpha value is -1.32. The molecule has 1 amide bonds. The number of nitrogens with zero attached hydrogens (tertiary/aromatic N) is 2. The molecule has 86 valence electrons. The van der Waals surface area contributed by atoms with Gasteiger partial charge in [-0.2, -0.15) is 5.10 Å². The molecular formula is C12H17N3O. The number of rotatable bonds is 2. The maximum atomic E-state index is 11.9. The zero-order valence-corrected chi connectivity index (χ0v) is 9.57. The molecule has 0 spiro atoms. The zero-order valence-electron chi connectivity index (χ0n) is 9.57. The van der Waals surface area contributed by atoms with Gasteiger partial charge in [-0.3, -0.25) is 9.48 Å². The van der Waals surface area contributed by atoms with Gasteiger partial charge in [-0.15, -0.1) is 0 Å². The Bertz CT molecular complexity index is 420. The van der Waals surface area contributed by atoms with Crippen molar-refractivity contribution in [3.8, 4) is 0 Å². The molecule has 4 nitrogen and oxygen atoms in total. The molecule has 0 saturated heterocycles. The molecule has 1 N–H and O–H groups in total. The Morgan fingerprint density at radius 1 is 1.50 bits per heavy atom. The van der Waals surface area contributed by atoms with Gasteiger partial charge < -0.3 is 5.32 Å². The molecule has 1 saturated carbocycles. The van der Waals surface area contributed by atoms with E-state index in [4.69, 9.17) is 0 Å². The highest BCUT2D eigenvalue weighted by Gasteiger charge is 2.30. The highest BCUT2D eigenvalue weighted by atomic mass is 16.2. The van der Waals surface area contributed by atoms with E-state index < -0.39 is 0 Å². The molecule has 1 aliphatic heterocycles. The van der Waals surface area contributed by atoms with E-state index in [1.165, 1.54) is 11.3 Å². The van der Waals surface area contributed by atoms with Crippen LogP contribution in [0.5, 0.6) is 0 Å². The molecule has 3 rings (SSSR count). The predicted molar refractivity (Wildman–Crippen MR) is 59.9 cm³/mol. The molecule has 1 aliphatic carbocycles. The van der Waals surface area contributed by atoms with Crippen LogP contribution in [0.15, 0.2) is 6.20 Å². The first-order valence-electron chi connectivity index (χ1n) is 6.05. The van der Waals surface area contributed by atoms with E-state index >= 15 is 0 Å². The second-order valence-corrected chi connectivity index (χ2v) is 4.97. The van der Waals surface area contributed by atoms with Gasteiger partial charge in [0.2, 0.25) is 5.91 Å². The van der Waals surface area contributed by atoms with E-state index in [1.54, 1.807) is 0 Å². The Balaban J connectivity index is 1.69. The highest BCUT2D eigenvalue weighted by molar-refractivity contribution is 5.79. The molecular weight excluding hydrogens is 202 g/mol. The normalized spacial score (nSPS) is 23.9. The summed E-state index contributed by atoms with van der Waals surface area (Å²) in [4.78, 5) is 11.9. The van der Waals surface area contributed by atoms with Crippen molar-refractivity contribution in [3.63, 3.8) is 0 Å². The van der Waals surface area contributed by atoms with Crippen molar-refractivity contribution in [1.82, 2.24) is 15.1 Å². The lowest BCUT2D eigenvalue weighted by atomic mass is 9.96. The van der Waals surface area contributed by atoms with E-state index in [2.05, 4.69) is 17.3 Å². The van der Waals surface area contributed by atoms with Crippen molar-refractivity contribution in [3.05, 3.63) is 17.5 Å². The van der Waals surface area contributed by atoms with Gasteiger partial charge in [0.15, 0.2) is 0 Å². The molecule has 0 aromatic carbocycles. The van der Waals surface area contributed by atoms with Crippen LogP contribution < -0.4 is 5.32 Å². The monoisotopic (exact) mass is 219 g/mol. The van der Waals surface area contributed by atoms with Gasteiger partial charge in [-0.1, -0.05) is 0 Å². The van der Waals surface area contributed by atoms with Crippen LogP contribution in [0.4, 0.5) is 0 Å². The predicted octanol–water partition coefficient (Wildman–Crippen LogP) is 1.03. The minimum atomic E-state index is 0.118. The molecule has 2 heterocycles. The fraction of sp³-hybridized carbons (Fsp3) is 0.667. The molecule has 0 bridgehead atoms. The Labute approximate surface area is 95.0 Å². The molecule has 2 aliphatic rings. The minimum Gasteiger partial charge on any atom is -0.353 e. The molecule has 0 radical (unpaired) electrons. The van der Waals surface area contributed by atoms with Crippen molar-refractivity contribution in [2.45, 2.75) is 45.2 Å². The average Bonchev–Trinajstić information content (AvgIpc) is 3.02. The summed E-state index contributed by atoms with van der Waals surface area (Å²) in [5.41, 5.74) is 2.55. The quantitative estimate of drug-likeness (QED) is 0.807. The molecule has 1 unspecified atom stereocenters. The van der Waals surface area contributed by atoms with Crippen molar-refractivity contribution in [1.29, 1.82) is 0 Å². The first-order valence-corrected chi connectivity index (χ1v) is 6.05. The fourth-order valence-electron chi connectivity index (χ4n) is 2.36. The fourth-order valence-corrected chi connectivity index (χ4v) is 2.36. The summed E-state index contributed by atoms with van der Waals surface area (Å²) in [6, 6.07) is 0.466. The van der Waals surface area contributed by atoms with E-state index in [1.807, 2.05) is 10.9 Å². The summed E-state index contributed by atoms with van der Waals surface area (Å²) in [5.74, 6) is 0.341. The second kappa shape index (κ2) is 3.61. The lowest BCUT2D eigenvalue weighted by Gasteiger charge is -2.23. The number of hydrogen-bond acceptors (Lipinski definition) is 2. The smallest absolute Gasteiger partial charge is 0.225 e. The van der Waals surface area contributed by atoms with E-state index in [9.17, 15) is 4.79 Å². The lowest BCUT2D eigenvalue weighted by Crippen LogP contribution is -2.37. The number of nitrogens with one attached hydrogen (secondary N) is 1. The number of fused-ring (bicyclic) bond motifs is 1. The standard InChI is InChI=1S/C12H17N3O/c1-8-6-13-15-7-9(2-5-11(8)15)12(16)14-10-3-4-10/h6,9-10H,2-5,7H2,1H3,(H,14,16). The van der Waals surface area contributed by atoms with Crippen molar-refractivity contribution in [2.75, 3.05) is 0 Å². The third kappa shape index (κ3) is 1.72. The second-order valence-electron chi connectivity index (χ2n) is 4.97. The van der Waals surface area contributed by atoms with Gasteiger partial charge in [-0.05, 0) is 38.2 Å². The van der Waals surface area contributed by atoms with Crippen LogP contribution in [0.1, 0.15) is 30.5 Å². The number of carbonyl (C=O) groups is 1. The Kier molecular flexibility index (Phi) is 2.23. The van der Waals surface area contributed by atoms with E-state index in [-0.39, 0.29) is 11.8 Å². The number of hydrogen-bond donors (Lipinski definition) is 1. The van der Waals surface area contributed by atoms with Crippen molar-refractivity contribution in [2.24, 2.45) is 5.92 Å². The van der Waals surface area contributed by atoms with E-state index in [0.717, 1.165) is 32.2 Å². The lowest BCUT2D eigenvalue weighted by molar-refractivity contribution is -0.126. The van der Waals surface area contributed by atoms with Crippen LogP contribution in [0.25, 0.3) is 0 Å². The topological polar surface area (TPSA) is 46.9 Å². The minimum absolute atomic E-state index is 0.118. The number of carbonyl (C=O) groups excluding carboxylic acids is 1. The molecule has 1 fully saturated rings. The van der Waals surface area contributed by atoms with Gasteiger partial charge in [-0.25, -0.2) is 0 Å². The average molecular weight is 219 g/mol. The first-order chi connectivity index (χ1) is 7.74. The maximum Gasteiger partial charge on any atom is 0.225 e. The van der Waals surface area contributed by atoms with E-state index in [0.29, 0.717) is 6.04 Å². The first kappa shape index (κ1) is 9.87. The summed E-state index contributed by atoms with van der Waals surface area (Å²) in [6.07, 6.45) is 6.16. The van der Waals surface area contributed by atoms with Crippen LogP contribution >= 0.6 is 0 Å². The number of aryl methyl sites for hydroxylation is 1. The summed E-state index contributed by atoms with van der Waals surface area (Å²) in [5, 5.41) is 7.40. The molecule has 1 aromatic heterocycles. The summed E-state index contributed by atoms with van der Waals surface area (Å²) in [6.45, 7) is 2.84. The summed E-state index contributed by atoms with van der Waals surface area (Å²) in [7, 11) is 0. The summed E-state index contributed by atoms with van der Waals surface area (Å²) >= 11 is 0. The SMILES string of the molecule is Cc1cnn2c1CCC(C(=O)NC1CC1)C2. The van der Waals surface area contributed by atoms with Crippen LogP contribution in [-0.2, 0) is 17.8 Å². The van der Waals surface area contributed by atoms with Crippen LogP contribution in [0.2, 0.25) is 0 Å². The third-order valence-corrected chi connectivity index (χ3v) is 3.57. The number of amides is 1. The maximum absolute atomic E-state index is 11.9. The van der Waals surface area contributed by atoms with Gasteiger partial charge >= 0.3 is 0 Å². The molecule has 16 heavy (non-hydrogen) atoms. The third-order valence-electron chi connectivity index (χ3n) is 3.57. The molecule has 4 heteroatoms. The van der Waals surface area contributed by atoms with Gasteiger partial charge in [0.25, 0.3) is 0 Å². The molecule has 1 aromatic rings. The van der Waals surface area contributed by atoms with Gasteiger partial charge in [0.05, 0.1) is 18.7 Å². The highest BCUT2D eigenvalue weighted by Crippen LogP contribution is 2.24. The number of aromatic nitrogens is 2. The van der Waals surface area contributed by atoms with Gasteiger partial charge in [0, 0.05) is 11.7 Å². The zero-order chi connectivity index (χ0) is 11.1. The van der Waals surface area contributed by atoms with Gasteiger partial charge in [0.1, 0.15) is 0 Å². The van der Waals surface area contributed by atoms with Crippen LogP contribution in [0, 0.1) is 12.8 Å². The van der Waals surface area contributed by atoms with Crippen molar-refractivity contribution >= 4 is 5.91 Å². The van der Waals surface area contributed by atoms with Crippen molar-refractivity contribution < 1.29 is 4.79 Å². The Morgan fingerprint density at radius 3 is 3.06 bits per heavy atom. The largest absolute Gasteiger partial charge is 0.353 e. The molecule has 1 atom stereocenters. The van der Waals surface area contributed by atoms with Crippen LogP contribution in [0.3, 0.4) is 0 Å².